The number of anilines is 2. The van der Waals surface area contributed by atoms with E-state index in [1.807, 2.05) is 12.1 Å². The Morgan fingerprint density at radius 1 is 1.38 bits per heavy atom. The number of hydrogen-bond acceptors (Lipinski definition) is 5. The summed E-state index contributed by atoms with van der Waals surface area (Å²) < 4.78 is 5.28. The second-order valence-electron chi connectivity index (χ2n) is 5.31. The maximum Gasteiger partial charge on any atom is 0.183 e. The first kappa shape index (κ1) is 13.9. The number of hydrogen-bond donors (Lipinski definition) is 2. The third-order valence-corrected chi connectivity index (χ3v) is 4.08. The second-order valence-corrected chi connectivity index (χ2v) is 6.17. The molecule has 5 heteroatoms. The Morgan fingerprint density at radius 3 is 3.00 bits per heavy atom. The summed E-state index contributed by atoms with van der Waals surface area (Å²) in [5.74, 6) is 0.857. The molecule has 2 aromatic rings. The zero-order valence-electron chi connectivity index (χ0n) is 12.4. The molecule has 110 valence electrons. The average Bonchev–Trinajstić information content (AvgIpc) is 2.93. The van der Waals surface area contributed by atoms with E-state index >= 15 is 0 Å². The van der Waals surface area contributed by atoms with Gasteiger partial charge in [-0.3, -0.25) is 0 Å². The van der Waals surface area contributed by atoms with E-state index in [-0.39, 0.29) is 6.04 Å². The Balaban J connectivity index is 1.81. The van der Waals surface area contributed by atoms with Gasteiger partial charge in [-0.25, -0.2) is 4.98 Å². The first-order valence-corrected chi connectivity index (χ1v) is 7.88. The largest absolute Gasteiger partial charge is 0.497 e. The van der Waals surface area contributed by atoms with Gasteiger partial charge in [-0.15, -0.1) is 11.3 Å². The fourth-order valence-electron chi connectivity index (χ4n) is 2.26. The van der Waals surface area contributed by atoms with Gasteiger partial charge in [0.05, 0.1) is 18.8 Å². The van der Waals surface area contributed by atoms with E-state index in [1.165, 1.54) is 5.56 Å². The highest BCUT2D eigenvalue weighted by Crippen LogP contribution is 2.33. The van der Waals surface area contributed by atoms with Crippen LogP contribution in [0.1, 0.15) is 31.1 Å². The highest BCUT2D eigenvalue weighted by Gasteiger charge is 2.17. The fourth-order valence-corrected chi connectivity index (χ4v) is 3.16. The minimum absolute atomic E-state index is 0.101. The van der Waals surface area contributed by atoms with Crippen molar-refractivity contribution >= 4 is 28.2 Å². The van der Waals surface area contributed by atoms with Crippen molar-refractivity contribution in [3.8, 4) is 5.75 Å². The molecule has 0 spiro atoms. The molecule has 1 atom stereocenters. The van der Waals surface area contributed by atoms with Crippen LogP contribution in [0.25, 0.3) is 6.08 Å². The van der Waals surface area contributed by atoms with Gasteiger partial charge in [0.1, 0.15) is 5.75 Å². The van der Waals surface area contributed by atoms with Crippen LogP contribution < -0.4 is 15.4 Å². The number of benzene rings is 1. The summed E-state index contributed by atoms with van der Waals surface area (Å²) in [4.78, 5) is 4.65. The van der Waals surface area contributed by atoms with Gasteiger partial charge in [-0.05, 0) is 31.5 Å². The molecule has 3 rings (SSSR count). The molecule has 2 heterocycles. The minimum Gasteiger partial charge on any atom is -0.497 e. The van der Waals surface area contributed by atoms with Gasteiger partial charge < -0.3 is 15.4 Å². The van der Waals surface area contributed by atoms with Crippen LogP contribution >= 0.6 is 11.3 Å². The van der Waals surface area contributed by atoms with E-state index in [9.17, 15) is 0 Å². The van der Waals surface area contributed by atoms with Crippen molar-refractivity contribution in [1.82, 2.24) is 4.98 Å². The Morgan fingerprint density at radius 2 is 2.24 bits per heavy atom. The molecule has 0 amide bonds. The zero-order valence-corrected chi connectivity index (χ0v) is 13.2. The summed E-state index contributed by atoms with van der Waals surface area (Å²) in [6, 6.07) is 6.54. The molecule has 21 heavy (non-hydrogen) atoms. The SMILES string of the molecule is COc1ccc2c(c1)NC(c1csc(NC(C)C)n1)C=C2. The summed E-state index contributed by atoms with van der Waals surface area (Å²) >= 11 is 1.64. The van der Waals surface area contributed by atoms with Crippen molar-refractivity contribution in [2.24, 2.45) is 0 Å². The number of nitrogens with zero attached hydrogens (tertiary/aromatic N) is 1. The predicted octanol–water partition coefficient (Wildman–Crippen LogP) is 4.15. The maximum atomic E-state index is 5.28. The van der Waals surface area contributed by atoms with E-state index in [1.54, 1.807) is 18.4 Å². The average molecular weight is 301 g/mol. The number of rotatable bonds is 4. The molecular formula is C16H19N3OS. The predicted molar refractivity (Wildman–Crippen MR) is 89.3 cm³/mol. The van der Waals surface area contributed by atoms with E-state index in [2.05, 4.69) is 53.1 Å². The van der Waals surface area contributed by atoms with Gasteiger partial charge in [0, 0.05) is 23.2 Å². The van der Waals surface area contributed by atoms with Crippen LogP contribution in [-0.4, -0.2) is 18.1 Å². The third-order valence-electron chi connectivity index (χ3n) is 3.29. The van der Waals surface area contributed by atoms with Gasteiger partial charge in [-0.2, -0.15) is 0 Å². The summed E-state index contributed by atoms with van der Waals surface area (Å²) in [5, 5.41) is 9.90. The van der Waals surface area contributed by atoms with E-state index in [4.69, 9.17) is 4.74 Å². The van der Waals surface area contributed by atoms with Gasteiger partial charge in [0.15, 0.2) is 5.13 Å². The van der Waals surface area contributed by atoms with Crippen molar-refractivity contribution < 1.29 is 4.74 Å². The third kappa shape index (κ3) is 3.03. The van der Waals surface area contributed by atoms with Gasteiger partial charge >= 0.3 is 0 Å². The molecule has 2 N–H and O–H groups in total. The molecule has 4 nitrogen and oxygen atoms in total. The lowest BCUT2D eigenvalue weighted by Gasteiger charge is -2.21. The van der Waals surface area contributed by atoms with Gasteiger partial charge in [0.25, 0.3) is 0 Å². The number of fused-ring (bicyclic) bond motifs is 1. The summed E-state index contributed by atoms with van der Waals surface area (Å²) in [7, 11) is 1.68. The zero-order chi connectivity index (χ0) is 14.8. The molecule has 1 aliphatic rings. The summed E-state index contributed by atoms with van der Waals surface area (Å²) in [5.41, 5.74) is 3.28. The molecule has 0 radical (unpaired) electrons. The van der Waals surface area contributed by atoms with Crippen molar-refractivity contribution in [1.29, 1.82) is 0 Å². The highest BCUT2D eigenvalue weighted by molar-refractivity contribution is 7.13. The molecule has 0 saturated carbocycles. The molecule has 0 bridgehead atoms. The summed E-state index contributed by atoms with van der Waals surface area (Å²) in [6.45, 7) is 4.23. The van der Waals surface area contributed by atoms with Crippen molar-refractivity contribution in [2.45, 2.75) is 25.9 Å². The number of nitrogens with one attached hydrogen (secondary N) is 2. The smallest absolute Gasteiger partial charge is 0.183 e. The van der Waals surface area contributed by atoms with Crippen molar-refractivity contribution in [3.63, 3.8) is 0 Å². The first-order chi connectivity index (χ1) is 10.2. The lowest BCUT2D eigenvalue weighted by atomic mass is 10.0. The molecule has 0 saturated heterocycles. The Hall–Kier alpha value is -2.01. The van der Waals surface area contributed by atoms with Crippen LogP contribution in [0, 0.1) is 0 Å². The summed E-state index contributed by atoms with van der Waals surface area (Å²) in [6.07, 6.45) is 4.27. The van der Waals surface area contributed by atoms with Gasteiger partial charge in [0.2, 0.25) is 0 Å². The van der Waals surface area contributed by atoms with Crippen molar-refractivity contribution in [3.05, 3.63) is 40.9 Å². The molecular weight excluding hydrogens is 282 g/mol. The first-order valence-electron chi connectivity index (χ1n) is 7.00. The fraction of sp³-hybridized carbons (Fsp3) is 0.312. The molecule has 1 aromatic carbocycles. The van der Waals surface area contributed by atoms with Crippen LogP contribution in [0.2, 0.25) is 0 Å². The Bertz CT molecular complexity index is 663. The lowest BCUT2D eigenvalue weighted by molar-refractivity contribution is 0.415. The number of methoxy groups -OCH3 is 1. The van der Waals surface area contributed by atoms with Crippen LogP contribution in [0.5, 0.6) is 5.75 Å². The van der Waals surface area contributed by atoms with Gasteiger partial charge in [-0.1, -0.05) is 12.2 Å². The maximum absolute atomic E-state index is 5.28. The molecule has 0 aliphatic carbocycles. The number of aromatic nitrogens is 1. The second kappa shape index (κ2) is 5.77. The molecule has 1 unspecified atom stereocenters. The highest BCUT2D eigenvalue weighted by atomic mass is 32.1. The lowest BCUT2D eigenvalue weighted by Crippen LogP contribution is -2.13. The number of thiazole rings is 1. The molecule has 1 aliphatic heterocycles. The minimum atomic E-state index is 0.101. The normalized spacial score (nSPS) is 16.5. The monoisotopic (exact) mass is 301 g/mol. The van der Waals surface area contributed by atoms with E-state index in [0.717, 1.165) is 22.3 Å². The molecule has 0 fully saturated rings. The van der Waals surface area contributed by atoms with Crippen LogP contribution in [0.3, 0.4) is 0 Å². The Labute approximate surface area is 128 Å². The van der Waals surface area contributed by atoms with E-state index < -0.39 is 0 Å². The molecule has 1 aromatic heterocycles. The van der Waals surface area contributed by atoms with Crippen LogP contribution in [-0.2, 0) is 0 Å². The van der Waals surface area contributed by atoms with Crippen molar-refractivity contribution in [2.75, 3.05) is 17.7 Å². The quantitative estimate of drug-likeness (QED) is 0.890. The van der Waals surface area contributed by atoms with Crippen LogP contribution in [0.4, 0.5) is 10.8 Å². The topological polar surface area (TPSA) is 46.2 Å². The standard InChI is InChI=1S/C16H19N3OS/c1-10(2)17-16-19-15(9-21-16)13-7-5-11-4-6-12(20-3)8-14(11)18-13/h4-10,13,18H,1-3H3,(H,17,19). The van der Waals surface area contributed by atoms with Crippen LogP contribution in [0.15, 0.2) is 29.7 Å². The number of ether oxygens (including phenoxy) is 1. The van der Waals surface area contributed by atoms with E-state index in [0.29, 0.717) is 6.04 Å². The Kier molecular flexibility index (Phi) is 3.84.